The molecule has 2 rings (SSSR count). The SMILES string of the molecule is CC1(C)CN(C(=O)c2ccc(Br)cc2S)CCO1. The first-order chi connectivity index (χ1) is 8.39. The molecule has 0 aliphatic carbocycles. The minimum atomic E-state index is -0.278. The number of halogens is 1. The lowest BCUT2D eigenvalue weighted by Gasteiger charge is -2.38. The maximum Gasteiger partial charge on any atom is 0.255 e. The van der Waals surface area contributed by atoms with Gasteiger partial charge in [0.25, 0.3) is 5.91 Å². The predicted octanol–water partition coefficient (Wildman–Crippen LogP) is 2.99. The number of amides is 1. The van der Waals surface area contributed by atoms with E-state index in [0.29, 0.717) is 30.2 Å². The molecule has 1 amide bonds. The van der Waals surface area contributed by atoms with E-state index in [1.165, 1.54) is 0 Å². The third kappa shape index (κ3) is 3.08. The van der Waals surface area contributed by atoms with Crippen LogP contribution in [0.15, 0.2) is 27.6 Å². The van der Waals surface area contributed by atoms with Crippen molar-refractivity contribution in [3.63, 3.8) is 0 Å². The number of ether oxygens (including phenoxy) is 1. The van der Waals surface area contributed by atoms with Gasteiger partial charge in [-0.1, -0.05) is 15.9 Å². The zero-order valence-corrected chi connectivity index (χ0v) is 12.9. The highest BCUT2D eigenvalue weighted by Crippen LogP contribution is 2.24. The topological polar surface area (TPSA) is 29.5 Å². The molecule has 0 bridgehead atoms. The van der Waals surface area contributed by atoms with Crippen LogP contribution in [0.2, 0.25) is 0 Å². The molecule has 1 aliphatic heterocycles. The molecule has 0 spiro atoms. The van der Waals surface area contributed by atoms with Gasteiger partial charge in [0.15, 0.2) is 0 Å². The molecule has 98 valence electrons. The second kappa shape index (κ2) is 5.23. The second-order valence-electron chi connectivity index (χ2n) is 5.00. The highest BCUT2D eigenvalue weighted by molar-refractivity contribution is 9.10. The van der Waals surface area contributed by atoms with Crippen LogP contribution in [0.3, 0.4) is 0 Å². The van der Waals surface area contributed by atoms with Gasteiger partial charge in [0, 0.05) is 22.5 Å². The Hall–Kier alpha value is -0.520. The molecule has 18 heavy (non-hydrogen) atoms. The van der Waals surface area contributed by atoms with Gasteiger partial charge in [-0.05, 0) is 32.0 Å². The van der Waals surface area contributed by atoms with Gasteiger partial charge in [0.2, 0.25) is 0 Å². The summed E-state index contributed by atoms with van der Waals surface area (Å²) in [5.41, 5.74) is 0.360. The van der Waals surface area contributed by atoms with Gasteiger partial charge in [-0.25, -0.2) is 0 Å². The lowest BCUT2D eigenvalue weighted by molar-refractivity contribution is -0.0764. The van der Waals surface area contributed by atoms with E-state index < -0.39 is 0 Å². The summed E-state index contributed by atoms with van der Waals surface area (Å²) in [7, 11) is 0. The number of rotatable bonds is 1. The standard InChI is InChI=1S/C13H16BrNO2S/c1-13(2)8-15(5-6-17-13)12(16)10-4-3-9(14)7-11(10)18/h3-4,7,18H,5-6,8H2,1-2H3. The third-order valence-electron chi connectivity index (χ3n) is 2.90. The van der Waals surface area contributed by atoms with Crippen molar-refractivity contribution in [2.24, 2.45) is 0 Å². The van der Waals surface area contributed by atoms with E-state index in [4.69, 9.17) is 4.74 Å². The number of nitrogens with zero attached hydrogens (tertiary/aromatic N) is 1. The Labute approximate surface area is 121 Å². The van der Waals surface area contributed by atoms with E-state index in [-0.39, 0.29) is 11.5 Å². The summed E-state index contributed by atoms with van der Waals surface area (Å²) in [4.78, 5) is 14.9. The molecule has 0 atom stereocenters. The molecule has 5 heteroatoms. The van der Waals surface area contributed by atoms with Crippen LogP contribution >= 0.6 is 28.6 Å². The third-order valence-corrected chi connectivity index (χ3v) is 3.77. The minimum Gasteiger partial charge on any atom is -0.372 e. The van der Waals surface area contributed by atoms with Gasteiger partial charge in [-0.3, -0.25) is 4.79 Å². The molecule has 1 aromatic carbocycles. The highest BCUT2D eigenvalue weighted by atomic mass is 79.9. The molecule has 1 aromatic rings. The van der Waals surface area contributed by atoms with Crippen molar-refractivity contribution < 1.29 is 9.53 Å². The van der Waals surface area contributed by atoms with E-state index in [2.05, 4.69) is 28.6 Å². The summed E-state index contributed by atoms with van der Waals surface area (Å²) in [6, 6.07) is 5.50. The molecular weight excluding hydrogens is 314 g/mol. The Balaban J connectivity index is 2.20. The lowest BCUT2D eigenvalue weighted by atomic mass is 10.1. The number of carbonyl (C=O) groups excluding carboxylic acids is 1. The van der Waals surface area contributed by atoms with Gasteiger partial charge < -0.3 is 9.64 Å². The van der Waals surface area contributed by atoms with Crippen LogP contribution < -0.4 is 0 Å². The lowest BCUT2D eigenvalue weighted by Crippen LogP contribution is -2.50. The smallest absolute Gasteiger partial charge is 0.255 e. The average Bonchev–Trinajstić information content (AvgIpc) is 2.27. The number of thiol groups is 1. The van der Waals surface area contributed by atoms with Crippen LogP contribution in [-0.4, -0.2) is 36.1 Å². The van der Waals surface area contributed by atoms with Crippen LogP contribution in [-0.2, 0) is 4.74 Å². The predicted molar refractivity (Wildman–Crippen MR) is 77.3 cm³/mol. The van der Waals surface area contributed by atoms with Crippen molar-refractivity contribution in [2.75, 3.05) is 19.7 Å². The number of benzene rings is 1. The molecule has 3 nitrogen and oxygen atoms in total. The Morgan fingerprint density at radius 1 is 1.50 bits per heavy atom. The Morgan fingerprint density at radius 3 is 2.83 bits per heavy atom. The molecule has 0 aromatic heterocycles. The van der Waals surface area contributed by atoms with E-state index >= 15 is 0 Å². The quantitative estimate of drug-likeness (QED) is 0.802. The first-order valence-corrected chi connectivity index (χ1v) is 7.05. The fraction of sp³-hybridized carbons (Fsp3) is 0.462. The Bertz CT molecular complexity index is 476. The number of morpholine rings is 1. The zero-order chi connectivity index (χ0) is 13.3. The van der Waals surface area contributed by atoms with Crippen molar-refractivity contribution >= 4 is 34.5 Å². The van der Waals surface area contributed by atoms with E-state index in [9.17, 15) is 4.79 Å². The van der Waals surface area contributed by atoms with E-state index in [1.807, 2.05) is 30.9 Å². The molecule has 0 radical (unpaired) electrons. The first-order valence-electron chi connectivity index (χ1n) is 5.81. The first kappa shape index (κ1) is 13.9. The van der Waals surface area contributed by atoms with Gasteiger partial charge in [-0.2, -0.15) is 0 Å². The largest absolute Gasteiger partial charge is 0.372 e. The summed E-state index contributed by atoms with van der Waals surface area (Å²) in [6.07, 6.45) is 0. The zero-order valence-electron chi connectivity index (χ0n) is 10.4. The highest BCUT2D eigenvalue weighted by Gasteiger charge is 2.30. The Kier molecular flexibility index (Phi) is 4.04. The van der Waals surface area contributed by atoms with Crippen LogP contribution in [0, 0.1) is 0 Å². The van der Waals surface area contributed by atoms with E-state index in [0.717, 1.165) is 4.47 Å². The summed E-state index contributed by atoms with van der Waals surface area (Å²) in [5.74, 6) is 0.0175. The minimum absolute atomic E-state index is 0.0175. The summed E-state index contributed by atoms with van der Waals surface area (Å²) >= 11 is 7.73. The van der Waals surface area contributed by atoms with Crippen molar-refractivity contribution in [2.45, 2.75) is 24.3 Å². The molecule has 1 fully saturated rings. The van der Waals surface area contributed by atoms with Crippen LogP contribution in [0.1, 0.15) is 24.2 Å². The van der Waals surface area contributed by atoms with Crippen molar-refractivity contribution in [3.05, 3.63) is 28.2 Å². The maximum atomic E-state index is 12.4. The van der Waals surface area contributed by atoms with Gasteiger partial charge in [-0.15, -0.1) is 12.6 Å². The van der Waals surface area contributed by atoms with Gasteiger partial charge >= 0.3 is 0 Å². The van der Waals surface area contributed by atoms with Crippen LogP contribution in [0.5, 0.6) is 0 Å². The van der Waals surface area contributed by atoms with E-state index in [1.54, 1.807) is 6.07 Å². The number of hydrogen-bond donors (Lipinski definition) is 1. The molecule has 1 heterocycles. The van der Waals surface area contributed by atoms with Crippen molar-refractivity contribution in [1.29, 1.82) is 0 Å². The fourth-order valence-corrected chi connectivity index (χ4v) is 2.89. The molecule has 1 aliphatic rings. The van der Waals surface area contributed by atoms with Gasteiger partial charge in [0.1, 0.15) is 0 Å². The number of hydrogen-bond acceptors (Lipinski definition) is 3. The second-order valence-corrected chi connectivity index (χ2v) is 6.39. The average molecular weight is 330 g/mol. The van der Waals surface area contributed by atoms with Crippen molar-refractivity contribution in [3.8, 4) is 0 Å². The molecule has 0 saturated carbocycles. The maximum absolute atomic E-state index is 12.4. The molecule has 0 N–H and O–H groups in total. The number of carbonyl (C=O) groups is 1. The normalized spacial score (nSPS) is 18.8. The molecular formula is C13H16BrNO2S. The Morgan fingerprint density at radius 2 is 2.22 bits per heavy atom. The monoisotopic (exact) mass is 329 g/mol. The molecule has 1 saturated heterocycles. The van der Waals surface area contributed by atoms with Crippen LogP contribution in [0.4, 0.5) is 0 Å². The molecule has 0 unspecified atom stereocenters. The summed E-state index contributed by atoms with van der Waals surface area (Å²) in [5, 5.41) is 0. The van der Waals surface area contributed by atoms with Crippen LogP contribution in [0.25, 0.3) is 0 Å². The summed E-state index contributed by atoms with van der Waals surface area (Å²) < 4.78 is 6.53. The van der Waals surface area contributed by atoms with Gasteiger partial charge in [0.05, 0.1) is 17.8 Å². The summed E-state index contributed by atoms with van der Waals surface area (Å²) in [6.45, 7) is 5.81. The fourth-order valence-electron chi connectivity index (χ4n) is 2.05. The van der Waals surface area contributed by atoms with Crippen molar-refractivity contribution in [1.82, 2.24) is 4.90 Å².